The van der Waals surface area contributed by atoms with Crippen LogP contribution in [0.4, 0.5) is 0 Å². The Hall–Kier alpha value is -2.39. The van der Waals surface area contributed by atoms with Gasteiger partial charge in [0, 0.05) is 24.1 Å². The second-order valence-electron chi connectivity index (χ2n) is 8.65. The van der Waals surface area contributed by atoms with Crippen LogP contribution in [0.3, 0.4) is 0 Å². The first kappa shape index (κ1) is 20.3. The smallest absolute Gasteiger partial charge is 0.134 e. The molecule has 1 aliphatic rings. The van der Waals surface area contributed by atoms with Crippen molar-refractivity contribution < 1.29 is 9.53 Å². The highest BCUT2D eigenvalue weighted by atomic mass is 16.5. The molecule has 0 atom stereocenters. The molecule has 0 radical (unpaired) electrons. The fraction of sp³-hybridized carbons (Fsp3) is 0.400. The Bertz CT molecular complexity index is 890. The van der Waals surface area contributed by atoms with Crippen molar-refractivity contribution in [1.82, 2.24) is 4.90 Å². The van der Waals surface area contributed by atoms with Gasteiger partial charge < -0.3 is 9.64 Å². The van der Waals surface area contributed by atoms with E-state index in [2.05, 4.69) is 69.1 Å². The zero-order valence-electron chi connectivity index (χ0n) is 17.7. The number of carbonyl (C=O) groups is 1. The summed E-state index contributed by atoms with van der Waals surface area (Å²) in [5, 5.41) is 0. The minimum Gasteiger partial charge on any atom is -0.488 e. The normalized spacial score (nSPS) is 15.0. The van der Waals surface area contributed by atoms with Crippen molar-refractivity contribution >= 4 is 11.4 Å². The molecule has 0 unspecified atom stereocenters. The predicted octanol–water partition coefficient (Wildman–Crippen LogP) is 5.26. The second kappa shape index (κ2) is 8.32. The maximum atomic E-state index is 11.6. The van der Waals surface area contributed by atoms with Gasteiger partial charge >= 0.3 is 0 Å². The monoisotopic (exact) mass is 377 g/mol. The summed E-state index contributed by atoms with van der Waals surface area (Å²) >= 11 is 0. The SMILES string of the molecule is CC(=O)Cc1ccc2c(c1)/C(=C\CCN(C)C(C)(C)C)c1ccccc1CO2. The standard InChI is InChI=1S/C25H31NO2/c1-18(27)15-19-12-13-24-23(16-19)22(11-8-14-26(5)25(2,3)4)21-10-7-6-9-20(21)17-28-24/h6-7,9-13,16H,8,14-15,17H2,1-5H3/b22-11-. The van der Waals surface area contributed by atoms with Crippen molar-refractivity contribution in [2.75, 3.05) is 13.6 Å². The quantitative estimate of drug-likeness (QED) is 0.711. The van der Waals surface area contributed by atoms with Gasteiger partial charge in [-0.15, -0.1) is 0 Å². The van der Waals surface area contributed by atoms with Crippen LogP contribution in [0.2, 0.25) is 0 Å². The van der Waals surface area contributed by atoms with Crippen LogP contribution in [0.1, 0.15) is 56.4 Å². The number of nitrogens with zero attached hydrogens (tertiary/aromatic N) is 1. The van der Waals surface area contributed by atoms with Gasteiger partial charge in [-0.25, -0.2) is 0 Å². The van der Waals surface area contributed by atoms with Crippen molar-refractivity contribution in [2.24, 2.45) is 0 Å². The molecular formula is C25H31NO2. The third-order valence-corrected chi connectivity index (χ3v) is 5.44. The summed E-state index contributed by atoms with van der Waals surface area (Å²) in [7, 11) is 2.17. The molecule has 148 valence electrons. The summed E-state index contributed by atoms with van der Waals surface area (Å²) in [4.78, 5) is 14.0. The van der Waals surface area contributed by atoms with Gasteiger partial charge in [-0.05, 0) is 75.6 Å². The highest BCUT2D eigenvalue weighted by molar-refractivity contribution is 5.86. The molecule has 3 heteroatoms. The number of fused-ring (bicyclic) bond motifs is 2. The van der Waals surface area contributed by atoms with E-state index in [0.717, 1.165) is 29.8 Å². The first-order chi connectivity index (χ1) is 13.3. The average molecular weight is 378 g/mol. The van der Waals surface area contributed by atoms with Gasteiger partial charge in [-0.1, -0.05) is 36.4 Å². The Morgan fingerprint density at radius 2 is 1.89 bits per heavy atom. The number of hydrogen-bond acceptors (Lipinski definition) is 3. The van der Waals surface area contributed by atoms with E-state index in [1.165, 1.54) is 16.7 Å². The van der Waals surface area contributed by atoms with E-state index in [-0.39, 0.29) is 11.3 Å². The van der Waals surface area contributed by atoms with E-state index >= 15 is 0 Å². The van der Waals surface area contributed by atoms with E-state index in [1.807, 2.05) is 12.1 Å². The van der Waals surface area contributed by atoms with Crippen LogP contribution in [0.15, 0.2) is 48.5 Å². The Morgan fingerprint density at radius 1 is 1.14 bits per heavy atom. The van der Waals surface area contributed by atoms with Gasteiger partial charge in [-0.2, -0.15) is 0 Å². The summed E-state index contributed by atoms with van der Waals surface area (Å²) in [6.07, 6.45) is 3.73. The molecule has 0 fully saturated rings. The average Bonchev–Trinajstić information content (AvgIpc) is 2.78. The van der Waals surface area contributed by atoms with Crippen molar-refractivity contribution in [1.29, 1.82) is 0 Å². The van der Waals surface area contributed by atoms with Crippen LogP contribution in [0, 0.1) is 0 Å². The zero-order valence-corrected chi connectivity index (χ0v) is 17.7. The van der Waals surface area contributed by atoms with E-state index in [9.17, 15) is 4.79 Å². The van der Waals surface area contributed by atoms with Crippen LogP contribution < -0.4 is 4.74 Å². The summed E-state index contributed by atoms with van der Waals surface area (Å²) in [6.45, 7) is 9.89. The minimum absolute atomic E-state index is 0.148. The van der Waals surface area contributed by atoms with Gasteiger partial charge in [0.2, 0.25) is 0 Å². The molecule has 1 heterocycles. The molecule has 3 nitrogen and oxygen atoms in total. The lowest BCUT2D eigenvalue weighted by Gasteiger charge is -2.31. The highest BCUT2D eigenvalue weighted by Gasteiger charge is 2.20. The molecule has 0 aliphatic carbocycles. The number of rotatable bonds is 5. The first-order valence-corrected chi connectivity index (χ1v) is 10.0. The van der Waals surface area contributed by atoms with Crippen LogP contribution in [-0.4, -0.2) is 29.8 Å². The second-order valence-corrected chi connectivity index (χ2v) is 8.65. The maximum absolute atomic E-state index is 11.6. The molecule has 1 aliphatic heterocycles. The summed E-state index contributed by atoms with van der Waals surface area (Å²) in [5.41, 5.74) is 5.89. The Morgan fingerprint density at radius 3 is 2.61 bits per heavy atom. The predicted molar refractivity (Wildman–Crippen MR) is 116 cm³/mol. The van der Waals surface area contributed by atoms with Crippen LogP contribution >= 0.6 is 0 Å². The molecule has 0 bridgehead atoms. The topological polar surface area (TPSA) is 29.5 Å². The zero-order chi connectivity index (χ0) is 20.3. The van der Waals surface area contributed by atoms with Crippen LogP contribution in [-0.2, 0) is 17.8 Å². The van der Waals surface area contributed by atoms with Gasteiger partial charge in [0.05, 0.1) is 0 Å². The molecule has 0 amide bonds. The molecule has 0 aromatic heterocycles. The van der Waals surface area contributed by atoms with Gasteiger partial charge in [0.15, 0.2) is 0 Å². The van der Waals surface area contributed by atoms with E-state index in [4.69, 9.17) is 4.74 Å². The Balaban J connectivity index is 2.01. The fourth-order valence-electron chi connectivity index (χ4n) is 3.48. The van der Waals surface area contributed by atoms with Gasteiger partial charge in [0.25, 0.3) is 0 Å². The molecule has 3 rings (SSSR count). The van der Waals surface area contributed by atoms with Crippen LogP contribution in [0.25, 0.3) is 5.57 Å². The summed E-state index contributed by atoms with van der Waals surface area (Å²) in [6, 6.07) is 14.6. The van der Waals surface area contributed by atoms with E-state index < -0.39 is 0 Å². The summed E-state index contributed by atoms with van der Waals surface area (Å²) < 4.78 is 6.11. The summed E-state index contributed by atoms with van der Waals surface area (Å²) in [5.74, 6) is 1.06. The minimum atomic E-state index is 0.148. The number of carbonyl (C=O) groups excluding carboxylic acids is 1. The van der Waals surface area contributed by atoms with Gasteiger partial charge in [0.1, 0.15) is 18.1 Å². The largest absolute Gasteiger partial charge is 0.488 e. The van der Waals surface area contributed by atoms with Crippen molar-refractivity contribution in [3.05, 3.63) is 70.8 Å². The lowest BCUT2D eigenvalue weighted by Crippen LogP contribution is -2.38. The lowest BCUT2D eigenvalue weighted by molar-refractivity contribution is -0.116. The van der Waals surface area contributed by atoms with Crippen molar-refractivity contribution in [3.63, 3.8) is 0 Å². The first-order valence-electron chi connectivity index (χ1n) is 10.0. The third-order valence-electron chi connectivity index (χ3n) is 5.44. The molecule has 0 N–H and O–H groups in total. The number of hydrogen-bond donors (Lipinski definition) is 0. The van der Waals surface area contributed by atoms with Crippen molar-refractivity contribution in [3.8, 4) is 5.75 Å². The number of benzene rings is 2. The molecular weight excluding hydrogens is 346 g/mol. The molecule has 0 spiro atoms. The Labute approximate surface area is 169 Å². The number of Topliss-reactive ketones (excluding diaryl/α,β-unsaturated/α-hetero) is 1. The molecule has 0 saturated heterocycles. The fourth-order valence-corrected chi connectivity index (χ4v) is 3.48. The maximum Gasteiger partial charge on any atom is 0.134 e. The number of ketones is 1. The molecule has 2 aromatic rings. The Kier molecular flexibility index (Phi) is 6.04. The van der Waals surface area contributed by atoms with E-state index in [1.54, 1.807) is 6.92 Å². The van der Waals surface area contributed by atoms with Gasteiger partial charge in [-0.3, -0.25) is 4.79 Å². The van der Waals surface area contributed by atoms with Crippen LogP contribution in [0.5, 0.6) is 5.75 Å². The molecule has 0 saturated carbocycles. The molecule has 2 aromatic carbocycles. The van der Waals surface area contributed by atoms with Crippen molar-refractivity contribution in [2.45, 2.75) is 52.7 Å². The molecule has 28 heavy (non-hydrogen) atoms. The highest BCUT2D eigenvalue weighted by Crippen LogP contribution is 2.37. The lowest BCUT2D eigenvalue weighted by atomic mass is 9.92. The van der Waals surface area contributed by atoms with E-state index in [0.29, 0.717) is 13.0 Å². The third kappa shape index (κ3) is 4.71. The number of ether oxygens (including phenoxy) is 1.